The summed E-state index contributed by atoms with van der Waals surface area (Å²) >= 11 is 0. The SMILES string of the molecule is CCC1CCN(c2cccc(OC)c2)CCC(C)N1. The Bertz CT molecular complexity index is 394. The van der Waals surface area contributed by atoms with Gasteiger partial charge in [0.1, 0.15) is 5.75 Å². The van der Waals surface area contributed by atoms with Crippen LogP contribution in [0.2, 0.25) is 0 Å². The summed E-state index contributed by atoms with van der Waals surface area (Å²) in [5.41, 5.74) is 1.28. The van der Waals surface area contributed by atoms with Crippen molar-refractivity contribution in [1.29, 1.82) is 0 Å². The second-order valence-electron chi connectivity index (χ2n) is 5.44. The summed E-state index contributed by atoms with van der Waals surface area (Å²) in [5, 5.41) is 3.71. The van der Waals surface area contributed by atoms with Crippen LogP contribution in [0, 0.1) is 0 Å². The fourth-order valence-electron chi connectivity index (χ4n) is 2.73. The van der Waals surface area contributed by atoms with Crippen molar-refractivity contribution in [1.82, 2.24) is 5.32 Å². The molecular formula is C16H26N2O. The molecular weight excluding hydrogens is 236 g/mol. The molecule has 0 spiro atoms. The molecule has 0 bridgehead atoms. The van der Waals surface area contributed by atoms with Crippen LogP contribution >= 0.6 is 0 Å². The van der Waals surface area contributed by atoms with Gasteiger partial charge in [-0.3, -0.25) is 0 Å². The second kappa shape index (κ2) is 6.80. The highest BCUT2D eigenvalue weighted by atomic mass is 16.5. The van der Waals surface area contributed by atoms with Crippen LogP contribution in [0.15, 0.2) is 24.3 Å². The Morgan fingerprint density at radius 1 is 1.32 bits per heavy atom. The van der Waals surface area contributed by atoms with Crippen molar-refractivity contribution in [3.8, 4) is 5.75 Å². The second-order valence-corrected chi connectivity index (χ2v) is 5.44. The number of anilines is 1. The van der Waals surface area contributed by atoms with Gasteiger partial charge in [-0.25, -0.2) is 0 Å². The van der Waals surface area contributed by atoms with E-state index in [0.717, 1.165) is 18.8 Å². The molecule has 1 aromatic rings. The lowest BCUT2D eigenvalue weighted by atomic mass is 10.1. The van der Waals surface area contributed by atoms with Crippen molar-refractivity contribution in [2.45, 2.75) is 45.2 Å². The van der Waals surface area contributed by atoms with E-state index in [0.29, 0.717) is 12.1 Å². The first-order valence-electron chi connectivity index (χ1n) is 7.38. The minimum atomic E-state index is 0.596. The van der Waals surface area contributed by atoms with Gasteiger partial charge < -0.3 is 15.0 Å². The third-order valence-corrected chi connectivity index (χ3v) is 4.01. The van der Waals surface area contributed by atoms with Crippen LogP contribution in [0.4, 0.5) is 5.69 Å². The van der Waals surface area contributed by atoms with Crippen molar-refractivity contribution in [2.24, 2.45) is 0 Å². The van der Waals surface area contributed by atoms with Crippen LogP contribution in [0.5, 0.6) is 5.75 Å². The molecule has 0 saturated carbocycles. The Labute approximate surface area is 116 Å². The molecule has 1 saturated heterocycles. The van der Waals surface area contributed by atoms with Gasteiger partial charge in [-0.05, 0) is 38.3 Å². The first-order valence-corrected chi connectivity index (χ1v) is 7.38. The van der Waals surface area contributed by atoms with Crippen molar-refractivity contribution < 1.29 is 4.74 Å². The zero-order valence-electron chi connectivity index (χ0n) is 12.4. The lowest BCUT2D eigenvalue weighted by molar-refractivity contribution is 0.378. The summed E-state index contributed by atoms with van der Waals surface area (Å²) in [5.74, 6) is 0.942. The van der Waals surface area contributed by atoms with E-state index in [-0.39, 0.29) is 0 Å². The van der Waals surface area contributed by atoms with Crippen molar-refractivity contribution in [2.75, 3.05) is 25.1 Å². The van der Waals surface area contributed by atoms with E-state index in [1.165, 1.54) is 24.9 Å². The third kappa shape index (κ3) is 3.87. The molecule has 3 heteroatoms. The average Bonchev–Trinajstić information content (AvgIpc) is 2.43. The Kier molecular flexibility index (Phi) is 5.08. The fraction of sp³-hybridized carbons (Fsp3) is 0.625. The number of nitrogens with zero attached hydrogens (tertiary/aromatic N) is 1. The Morgan fingerprint density at radius 2 is 2.11 bits per heavy atom. The van der Waals surface area contributed by atoms with Gasteiger partial charge >= 0.3 is 0 Å². The number of hydrogen-bond donors (Lipinski definition) is 1. The zero-order chi connectivity index (χ0) is 13.7. The maximum absolute atomic E-state index is 5.33. The molecule has 0 aliphatic carbocycles. The van der Waals surface area contributed by atoms with Crippen LogP contribution in [0.25, 0.3) is 0 Å². The summed E-state index contributed by atoms with van der Waals surface area (Å²) < 4.78 is 5.33. The molecule has 2 rings (SSSR count). The first kappa shape index (κ1) is 14.2. The number of methoxy groups -OCH3 is 1. The van der Waals surface area contributed by atoms with E-state index in [4.69, 9.17) is 4.74 Å². The summed E-state index contributed by atoms with van der Waals surface area (Å²) in [6, 6.07) is 9.64. The highest BCUT2D eigenvalue weighted by molar-refractivity contribution is 5.50. The molecule has 0 aromatic heterocycles. The van der Waals surface area contributed by atoms with E-state index in [1.54, 1.807) is 7.11 Å². The van der Waals surface area contributed by atoms with Gasteiger partial charge in [-0.15, -0.1) is 0 Å². The summed E-state index contributed by atoms with van der Waals surface area (Å²) in [7, 11) is 1.73. The van der Waals surface area contributed by atoms with Gasteiger partial charge in [0.2, 0.25) is 0 Å². The van der Waals surface area contributed by atoms with E-state index < -0.39 is 0 Å². The fourth-order valence-corrected chi connectivity index (χ4v) is 2.73. The number of nitrogens with one attached hydrogen (secondary N) is 1. The molecule has 0 amide bonds. The highest BCUT2D eigenvalue weighted by Crippen LogP contribution is 2.23. The lowest BCUT2D eigenvalue weighted by Crippen LogP contribution is -2.44. The number of benzene rings is 1. The molecule has 2 atom stereocenters. The molecule has 1 aromatic carbocycles. The summed E-state index contributed by atoms with van der Waals surface area (Å²) in [4.78, 5) is 2.49. The Morgan fingerprint density at radius 3 is 2.84 bits per heavy atom. The molecule has 1 aliphatic rings. The van der Waals surface area contributed by atoms with Gasteiger partial charge in [-0.1, -0.05) is 13.0 Å². The monoisotopic (exact) mass is 262 g/mol. The predicted octanol–water partition coefficient (Wildman–Crippen LogP) is 3.05. The van der Waals surface area contributed by atoms with Crippen molar-refractivity contribution in [3.63, 3.8) is 0 Å². The van der Waals surface area contributed by atoms with Gasteiger partial charge in [-0.2, -0.15) is 0 Å². The van der Waals surface area contributed by atoms with Crippen LogP contribution in [0.3, 0.4) is 0 Å². The van der Waals surface area contributed by atoms with Gasteiger partial charge in [0, 0.05) is 36.9 Å². The number of ether oxygens (including phenoxy) is 1. The third-order valence-electron chi connectivity index (χ3n) is 4.01. The van der Waals surface area contributed by atoms with E-state index >= 15 is 0 Å². The molecule has 0 radical (unpaired) electrons. The summed E-state index contributed by atoms with van der Waals surface area (Å²) in [6.07, 6.45) is 3.60. The van der Waals surface area contributed by atoms with E-state index in [9.17, 15) is 0 Å². The maximum Gasteiger partial charge on any atom is 0.120 e. The van der Waals surface area contributed by atoms with Gasteiger partial charge in [0.15, 0.2) is 0 Å². The average molecular weight is 262 g/mol. The standard InChI is InChI=1S/C16H26N2O/c1-4-14-9-11-18(10-8-13(2)17-14)15-6-5-7-16(12-15)19-3/h5-7,12-14,17H,4,8-11H2,1-3H3. The predicted molar refractivity (Wildman–Crippen MR) is 81.1 cm³/mol. The van der Waals surface area contributed by atoms with E-state index in [1.807, 2.05) is 6.07 Å². The minimum absolute atomic E-state index is 0.596. The zero-order valence-corrected chi connectivity index (χ0v) is 12.4. The van der Waals surface area contributed by atoms with Crippen LogP contribution in [-0.4, -0.2) is 32.3 Å². The van der Waals surface area contributed by atoms with Gasteiger partial charge in [0.25, 0.3) is 0 Å². The smallest absolute Gasteiger partial charge is 0.120 e. The van der Waals surface area contributed by atoms with Crippen LogP contribution in [-0.2, 0) is 0 Å². The van der Waals surface area contributed by atoms with Crippen molar-refractivity contribution >= 4 is 5.69 Å². The first-order chi connectivity index (χ1) is 9.22. The normalized spacial score (nSPS) is 24.7. The minimum Gasteiger partial charge on any atom is -0.497 e. The molecule has 1 N–H and O–H groups in total. The lowest BCUT2D eigenvalue weighted by Gasteiger charge is -2.33. The molecule has 1 fully saturated rings. The maximum atomic E-state index is 5.33. The van der Waals surface area contributed by atoms with E-state index in [2.05, 4.69) is 42.3 Å². The molecule has 106 valence electrons. The van der Waals surface area contributed by atoms with Gasteiger partial charge in [0.05, 0.1) is 7.11 Å². The number of hydrogen-bond acceptors (Lipinski definition) is 3. The van der Waals surface area contributed by atoms with Crippen molar-refractivity contribution in [3.05, 3.63) is 24.3 Å². The van der Waals surface area contributed by atoms with Crippen LogP contribution < -0.4 is 15.0 Å². The summed E-state index contributed by atoms with van der Waals surface area (Å²) in [6.45, 7) is 6.78. The Balaban J connectivity index is 2.09. The van der Waals surface area contributed by atoms with Crippen LogP contribution in [0.1, 0.15) is 33.1 Å². The molecule has 19 heavy (non-hydrogen) atoms. The molecule has 1 heterocycles. The number of rotatable bonds is 3. The largest absolute Gasteiger partial charge is 0.497 e. The Hall–Kier alpha value is -1.22. The quantitative estimate of drug-likeness (QED) is 0.906. The molecule has 1 aliphatic heterocycles. The topological polar surface area (TPSA) is 24.5 Å². The molecule has 3 nitrogen and oxygen atoms in total. The highest BCUT2D eigenvalue weighted by Gasteiger charge is 2.17. The molecule has 2 unspecified atom stereocenters.